The van der Waals surface area contributed by atoms with Gasteiger partial charge in [-0.1, -0.05) is 24.6 Å². The van der Waals surface area contributed by atoms with Gasteiger partial charge in [0.25, 0.3) is 0 Å². The lowest BCUT2D eigenvalue weighted by Crippen LogP contribution is -3.14. The van der Waals surface area contributed by atoms with Crippen molar-refractivity contribution in [2.24, 2.45) is 5.10 Å². The Morgan fingerprint density at radius 3 is 2.63 bits per heavy atom. The molecule has 30 heavy (non-hydrogen) atoms. The highest BCUT2D eigenvalue weighted by molar-refractivity contribution is 6.02. The van der Waals surface area contributed by atoms with Gasteiger partial charge in [0.2, 0.25) is 5.72 Å². The van der Waals surface area contributed by atoms with Crippen molar-refractivity contribution in [3.05, 3.63) is 59.2 Å². The van der Waals surface area contributed by atoms with Gasteiger partial charge in [-0.3, -0.25) is 0 Å². The lowest BCUT2D eigenvalue weighted by Gasteiger charge is -2.50. The number of rotatable bonds is 4. The zero-order valence-electron chi connectivity index (χ0n) is 18.3. The average molecular weight is 407 g/mol. The molecule has 1 atom stereocenters. The largest absolute Gasteiger partial charge is 0.497 e. The smallest absolute Gasteiger partial charge is 0.208 e. The van der Waals surface area contributed by atoms with E-state index in [-0.39, 0.29) is 11.8 Å². The SMILES string of the molecule is CCC[NH+]1CCC2(CC1)Oc1ccc(C)cc1[C@@H]1CC(c3ccc(OC)cc3)=NN12. The Hall–Kier alpha value is -2.53. The Morgan fingerprint density at radius 1 is 1.17 bits per heavy atom. The monoisotopic (exact) mass is 406 g/mol. The van der Waals surface area contributed by atoms with E-state index in [1.165, 1.54) is 29.7 Å². The molecule has 2 aromatic rings. The number of fused-ring (bicyclic) bond motifs is 4. The topological polar surface area (TPSA) is 38.5 Å². The molecule has 0 radical (unpaired) electrons. The van der Waals surface area contributed by atoms with Crippen molar-refractivity contribution in [3.8, 4) is 11.5 Å². The molecule has 3 aliphatic rings. The molecule has 2 aromatic carbocycles. The minimum atomic E-state index is -0.321. The summed E-state index contributed by atoms with van der Waals surface area (Å²) in [4.78, 5) is 1.69. The number of quaternary nitrogens is 1. The van der Waals surface area contributed by atoms with Crippen LogP contribution in [0.1, 0.15) is 55.3 Å². The molecule has 0 unspecified atom stereocenters. The number of methoxy groups -OCH3 is 1. The summed E-state index contributed by atoms with van der Waals surface area (Å²) in [6.07, 6.45) is 4.19. The molecule has 0 aliphatic carbocycles. The summed E-state index contributed by atoms with van der Waals surface area (Å²) in [6, 6.07) is 15.1. The van der Waals surface area contributed by atoms with E-state index >= 15 is 0 Å². The molecular formula is C25H32N3O2+. The predicted octanol–water partition coefficient (Wildman–Crippen LogP) is 3.33. The van der Waals surface area contributed by atoms with Gasteiger partial charge in [0.15, 0.2) is 0 Å². The van der Waals surface area contributed by atoms with Crippen LogP contribution in [0.25, 0.3) is 0 Å². The van der Waals surface area contributed by atoms with Crippen molar-refractivity contribution in [3.63, 3.8) is 0 Å². The third kappa shape index (κ3) is 3.25. The molecule has 158 valence electrons. The van der Waals surface area contributed by atoms with Gasteiger partial charge in [0.05, 0.1) is 51.3 Å². The average Bonchev–Trinajstić information content (AvgIpc) is 3.23. The van der Waals surface area contributed by atoms with Crippen LogP contribution in [-0.2, 0) is 0 Å². The molecular weight excluding hydrogens is 374 g/mol. The number of hydrogen-bond donors (Lipinski definition) is 1. The maximum Gasteiger partial charge on any atom is 0.208 e. The fourth-order valence-electron chi connectivity index (χ4n) is 5.29. The summed E-state index contributed by atoms with van der Waals surface area (Å²) < 4.78 is 12.1. The third-order valence-corrected chi connectivity index (χ3v) is 6.92. The van der Waals surface area contributed by atoms with Gasteiger partial charge in [-0.05, 0) is 49.2 Å². The van der Waals surface area contributed by atoms with Crippen LogP contribution in [0.2, 0.25) is 0 Å². The summed E-state index contributed by atoms with van der Waals surface area (Å²) in [6.45, 7) is 7.96. The van der Waals surface area contributed by atoms with Crippen molar-refractivity contribution in [2.45, 2.75) is 51.3 Å². The van der Waals surface area contributed by atoms with E-state index in [0.717, 1.165) is 49.6 Å². The van der Waals surface area contributed by atoms with E-state index in [4.69, 9.17) is 14.6 Å². The van der Waals surface area contributed by atoms with Crippen molar-refractivity contribution >= 4 is 5.71 Å². The lowest BCUT2D eigenvalue weighted by molar-refractivity contribution is -0.908. The molecule has 0 bridgehead atoms. The van der Waals surface area contributed by atoms with Crippen molar-refractivity contribution in [1.82, 2.24) is 5.01 Å². The summed E-state index contributed by atoms with van der Waals surface area (Å²) in [5.74, 6) is 1.93. The summed E-state index contributed by atoms with van der Waals surface area (Å²) in [7, 11) is 1.70. The standard InChI is InChI=1S/C25H31N3O2/c1-4-13-27-14-11-25(12-15-27)28-23(21-16-18(2)5-10-24(21)30-25)17-22(26-28)19-6-8-20(29-3)9-7-19/h5-10,16,23H,4,11-15,17H2,1-3H3/p+1/t23-/m0/s1. The number of likely N-dealkylation sites (tertiary alicyclic amines) is 1. The summed E-state index contributed by atoms with van der Waals surface area (Å²) >= 11 is 0. The molecule has 1 saturated heterocycles. The van der Waals surface area contributed by atoms with E-state index < -0.39 is 0 Å². The van der Waals surface area contributed by atoms with Crippen molar-refractivity contribution in [1.29, 1.82) is 0 Å². The number of nitrogens with zero attached hydrogens (tertiary/aromatic N) is 2. The molecule has 0 aromatic heterocycles. The highest BCUT2D eigenvalue weighted by Crippen LogP contribution is 2.49. The van der Waals surface area contributed by atoms with Crippen LogP contribution >= 0.6 is 0 Å². The normalized spacial score (nSPS) is 27.3. The van der Waals surface area contributed by atoms with E-state index in [2.05, 4.69) is 49.2 Å². The van der Waals surface area contributed by atoms with Gasteiger partial charge in [0, 0.05) is 12.0 Å². The van der Waals surface area contributed by atoms with Crippen LogP contribution in [0.4, 0.5) is 0 Å². The number of aryl methyl sites for hydroxylation is 1. The quantitative estimate of drug-likeness (QED) is 0.847. The zero-order valence-corrected chi connectivity index (χ0v) is 18.3. The second-order valence-electron chi connectivity index (χ2n) is 8.93. The van der Waals surface area contributed by atoms with Crippen LogP contribution in [0.5, 0.6) is 11.5 Å². The molecule has 0 amide bonds. The molecule has 5 heteroatoms. The van der Waals surface area contributed by atoms with Crippen molar-refractivity contribution < 1.29 is 14.4 Å². The molecule has 5 rings (SSSR count). The first kappa shape index (κ1) is 19.4. The molecule has 3 aliphatic heterocycles. The number of hydrogen-bond acceptors (Lipinski definition) is 4. The van der Waals surface area contributed by atoms with E-state index in [0.29, 0.717) is 0 Å². The Balaban J connectivity index is 1.51. The van der Waals surface area contributed by atoms with Crippen LogP contribution in [0, 0.1) is 6.92 Å². The number of ether oxygens (including phenoxy) is 2. The fraction of sp³-hybridized carbons (Fsp3) is 0.480. The van der Waals surface area contributed by atoms with Crippen LogP contribution in [0.15, 0.2) is 47.6 Å². The number of benzene rings is 2. The van der Waals surface area contributed by atoms with Gasteiger partial charge < -0.3 is 14.4 Å². The number of piperidine rings is 1. The maximum atomic E-state index is 6.76. The third-order valence-electron chi connectivity index (χ3n) is 6.92. The van der Waals surface area contributed by atoms with E-state index in [1.54, 1.807) is 12.0 Å². The molecule has 0 saturated carbocycles. The fourth-order valence-corrected chi connectivity index (χ4v) is 5.29. The Morgan fingerprint density at radius 2 is 1.93 bits per heavy atom. The van der Waals surface area contributed by atoms with Gasteiger partial charge in [0.1, 0.15) is 11.5 Å². The Labute approximate surface area is 179 Å². The summed E-state index contributed by atoms with van der Waals surface area (Å²) in [5, 5.41) is 7.50. The zero-order chi connectivity index (χ0) is 20.7. The maximum absolute atomic E-state index is 6.76. The van der Waals surface area contributed by atoms with Crippen LogP contribution in [-0.4, -0.2) is 43.2 Å². The Bertz CT molecular complexity index is 945. The predicted molar refractivity (Wildman–Crippen MR) is 118 cm³/mol. The van der Waals surface area contributed by atoms with E-state index in [9.17, 15) is 0 Å². The summed E-state index contributed by atoms with van der Waals surface area (Å²) in [5.41, 5.74) is 4.54. The highest BCUT2D eigenvalue weighted by atomic mass is 16.5. The minimum absolute atomic E-state index is 0.249. The molecule has 5 nitrogen and oxygen atoms in total. The van der Waals surface area contributed by atoms with Crippen molar-refractivity contribution in [2.75, 3.05) is 26.7 Å². The van der Waals surface area contributed by atoms with Gasteiger partial charge in [-0.25, -0.2) is 5.01 Å². The second kappa shape index (κ2) is 7.62. The first-order valence-electron chi connectivity index (χ1n) is 11.3. The minimum Gasteiger partial charge on any atom is -0.497 e. The van der Waals surface area contributed by atoms with Crippen LogP contribution < -0.4 is 14.4 Å². The van der Waals surface area contributed by atoms with Crippen LogP contribution in [0.3, 0.4) is 0 Å². The van der Waals surface area contributed by atoms with Gasteiger partial charge in [-0.2, -0.15) is 5.10 Å². The second-order valence-corrected chi connectivity index (χ2v) is 8.93. The Kier molecular flexibility index (Phi) is 4.94. The molecule has 1 spiro atoms. The molecule has 1 N–H and O–H groups in total. The number of hydrazone groups is 1. The van der Waals surface area contributed by atoms with Gasteiger partial charge >= 0.3 is 0 Å². The van der Waals surface area contributed by atoms with E-state index in [1.807, 2.05) is 12.1 Å². The lowest BCUT2D eigenvalue weighted by atomic mass is 9.90. The van der Waals surface area contributed by atoms with Gasteiger partial charge in [-0.15, -0.1) is 0 Å². The highest BCUT2D eigenvalue weighted by Gasteiger charge is 2.52. The molecule has 3 heterocycles. The first-order valence-corrected chi connectivity index (χ1v) is 11.3. The first-order chi connectivity index (χ1) is 14.6. The number of nitrogens with one attached hydrogen (secondary N) is 1. The molecule has 1 fully saturated rings.